The Labute approximate surface area is 126 Å². The number of rotatable bonds is 10. The fraction of sp³-hybridized carbons (Fsp3) is 0.714. The summed E-state index contributed by atoms with van der Waals surface area (Å²) in [4.78, 5) is 8.88. The second-order valence-corrected chi connectivity index (χ2v) is 5.94. The van der Waals surface area contributed by atoms with Crippen LogP contribution in [0.4, 0.5) is 11.6 Å². The minimum Gasteiger partial charge on any atom is -0.377 e. The first-order valence-electron chi connectivity index (χ1n) is 7.14. The van der Waals surface area contributed by atoms with E-state index in [1.54, 1.807) is 7.11 Å². The number of hydrogen-bond donors (Lipinski definition) is 2. The third-order valence-corrected chi connectivity index (χ3v) is 3.63. The summed E-state index contributed by atoms with van der Waals surface area (Å²) in [5, 5.41) is 6.66. The molecule has 0 amide bonds. The van der Waals surface area contributed by atoms with Crippen LogP contribution in [0.5, 0.6) is 0 Å². The summed E-state index contributed by atoms with van der Waals surface area (Å²) in [5.74, 6) is 4.73. The molecule has 0 aliphatic rings. The van der Waals surface area contributed by atoms with E-state index in [1.807, 2.05) is 17.8 Å². The Kier molecular flexibility index (Phi) is 8.37. The van der Waals surface area contributed by atoms with Gasteiger partial charge in [0.1, 0.15) is 18.2 Å². The highest BCUT2D eigenvalue weighted by atomic mass is 32.2. The van der Waals surface area contributed by atoms with E-state index in [0.29, 0.717) is 18.5 Å². The maximum absolute atomic E-state index is 5.12. The van der Waals surface area contributed by atoms with E-state index in [4.69, 9.17) is 4.74 Å². The standard InChI is InChI=1S/C14H26N4OS/c1-5-15-12-9-13(18-14(17-12)10-19-4)16-11(3)7-8-20-6-2/h9,11H,5-8,10H2,1-4H3,(H2,15,16,17,18). The van der Waals surface area contributed by atoms with E-state index < -0.39 is 0 Å². The molecule has 1 rings (SSSR count). The smallest absolute Gasteiger partial charge is 0.158 e. The number of hydrogen-bond acceptors (Lipinski definition) is 6. The van der Waals surface area contributed by atoms with Crippen molar-refractivity contribution in [1.29, 1.82) is 0 Å². The molecule has 1 heterocycles. The van der Waals surface area contributed by atoms with Gasteiger partial charge in [-0.05, 0) is 31.8 Å². The van der Waals surface area contributed by atoms with Crippen molar-refractivity contribution in [2.75, 3.05) is 35.8 Å². The molecule has 0 aliphatic carbocycles. The molecule has 0 saturated heterocycles. The van der Waals surface area contributed by atoms with Gasteiger partial charge in [0.15, 0.2) is 5.82 Å². The van der Waals surface area contributed by atoms with Crippen molar-refractivity contribution < 1.29 is 4.74 Å². The molecule has 0 spiro atoms. The zero-order chi connectivity index (χ0) is 14.8. The van der Waals surface area contributed by atoms with Gasteiger partial charge in [-0.25, -0.2) is 9.97 Å². The molecule has 0 fully saturated rings. The van der Waals surface area contributed by atoms with Crippen molar-refractivity contribution in [2.45, 2.75) is 39.8 Å². The number of nitrogens with zero attached hydrogens (tertiary/aromatic N) is 2. The van der Waals surface area contributed by atoms with Crippen LogP contribution in [0.25, 0.3) is 0 Å². The molecule has 0 bridgehead atoms. The van der Waals surface area contributed by atoms with Gasteiger partial charge in [0.05, 0.1) is 0 Å². The Morgan fingerprint density at radius 1 is 1.30 bits per heavy atom. The lowest BCUT2D eigenvalue weighted by molar-refractivity contribution is 0.178. The molecule has 1 aromatic rings. The topological polar surface area (TPSA) is 59.1 Å². The molecular formula is C14H26N4OS. The molecule has 1 atom stereocenters. The number of anilines is 2. The summed E-state index contributed by atoms with van der Waals surface area (Å²) in [6.45, 7) is 7.68. The van der Waals surface area contributed by atoms with Crippen LogP contribution < -0.4 is 10.6 Å². The Morgan fingerprint density at radius 2 is 2.05 bits per heavy atom. The number of nitrogens with one attached hydrogen (secondary N) is 2. The minimum atomic E-state index is 0.397. The third kappa shape index (κ3) is 6.43. The monoisotopic (exact) mass is 298 g/mol. The molecular weight excluding hydrogens is 272 g/mol. The largest absolute Gasteiger partial charge is 0.377 e. The molecule has 0 aromatic carbocycles. The summed E-state index contributed by atoms with van der Waals surface area (Å²) in [6, 6.07) is 2.35. The molecule has 20 heavy (non-hydrogen) atoms. The van der Waals surface area contributed by atoms with Gasteiger partial charge in [-0.1, -0.05) is 6.92 Å². The Hall–Kier alpha value is -1.01. The van der Waals surface area contributed by atoms with Crippen LogP contribution in [0.1, 0.15) is 33.0 Å². The highest BCUT2D eigenvalue weighted by Gasteiger charge is 2.07. The van der Waals surface area contributed by atoms with Crippen molar-refractivity contribution in [1.82, 2.24) is 9.97 Å². The maximum atomic E-state index is 5.12. The van der Waals surface area contributed by atoms with Crippen LogP contribution in [-0.4, -0.2) is 41.2 Å². The van der Waals surface area contributed by atoms with Crippen LogP contribution in [0.2, 0.25) is 0 Å². The van der Waals surface area contributed by atoms with Crippen LogP contribution in [0, 0.1) is 0 Å². The first-order chi connectivity index (χ1) is 9.69. The summed E-state index contributed by atoms with van der Waals surface area (Å²) in [7, 11) is 1.65. The molecule has 1 aromatic heterocycles. The first kappa shape index (κ1) is 17.0. The SMILES string of the molecule is CCNc1cc(NC(C)CCSCC)nc(COC)n1. The highest BCUT2D eigenvalue weighted by Crippen LogP contribution is 2.14. The van der Waals surface area contributed by atoms with Crippen molar-refractivity contribution in [3.8, 4) is 0 Å². The summed E-state index contributed by atoms with van der Waals surface area (Å²) >= 11 is 1.96. The van der Waals surface area contributed by atoms with Gasteiger partial charge in [0.25, 0.3) is 0 Å². The average molecular weight is 298 g/mol. The van der Waals surface area contributed by atoms with E-state index in [1.165, 1.54) is 11.5 Å². The number of ether oxygens (including phenoxy) is 1. The van der Waals surface area contributed by atoms with Gasteiger partial charge in [0.2, 0.25) is 0 Å². The maximum Gasteiger partial charge on any atom is 0.158 e. The highest BCUT2D eigenvalue weighted by molar-refractivity contribution is 7.99. The number of thioether (sulfide) groups is 1. The van der Waals surface area contributed by atoms with E-state index >= 15 is 0 Å². The molecule has 0 saturated carbocycles. The summed E-state index contributed by atoms with van der Waals surface area (Å²) in [5.41, 5.74) is 0. The lowest BCUT2D eigenvalue weighted by atomic mass is 10.2. The zero-order valence-electron chi connectivity index (χ0n) is 12.9. The van der Waals surface area contributed by atoms with Crippen LogP contribution in [0.3, 0.4) is 0 Å². The van der Waals surface area contributed by atoms with Gasteiger partial charge in [-0.3, -0.25) is 0 Å². The van der Waals surface area contributed by atoms with Crippen molar-refractivity contribution in [3.63, 3.8) is 0 Å². The van der Waals surface area contributed by atoms with Gasteiger partial charge < -0.3 is 15.4 Å². The second kappa shape index (κ2) is 9.83. The Balaban J connectivity index is 2.66. The summed E-state index contributed by atoms with van der Waals surface area (Å²) in [6.07, 6.45) is 1.12. The Morgan fingerprint density at radius 3 is 2.70 bits per heavy atom. The van der Waals surface area contributed by atoms with Crippen LogP contribution >= 0.6 is 11.8 Å². The third-order valence-electron chi connectivity index (χ3n) is 2.70. The lowest BCUT2D eigenvalue weighted by Gasteiger charge is -2.16. The second-order valence-electron chi connectivity index (χ2n) is 4.55. The van der Waals surface area contributed by atoms with E-state index in [-0.39, 0.29) is 0 Å². The van der Waals surface area contributed by atoms with E-state index in [2.05, 4.69) is 41.4 Å². The molecule has 0 aliphatic heterocycles. The van der Waals surface area contributed by atoms with Crippen molar-refractivity contribution in [3.05, 3.63) is 11.9 Å². The van der Waals surface area contributed by atoms with Gasteiger partial charge in [-0.15, -0.1) is 0 Å². The van der Waals surface area contributed by atoms with Crippen molar-refractivity contribution >= 4 is 23.4 Å². The molecule has 0 radical (unpaired) electrons. The molecule has 6 heteroatoms. The van der Waals surface area contributed by atoms with Crippen molar-refractivity contribution in [2.24, 2.45) is 0 Å². The normalized spacial score (nSPS) is 12.2. The van der Waals surface area contributed by atoms with E-state index in [0.717, 1.165) is 24.6 Å². The predicted molar refractivity (Wildman–Crippen MR) is 87.6 cm³/mol. The fourth-order valence-corrected chi connectivity index (χ4v) is 2.57. The molecule has 5 nitrogen and oxygen atoms in total. The number of methoxy groups -OCH3 is 1. The average Bonchev–Trinajstić information content (AvgIpc) is 2.39. The molecule has 2 N–H and O–H groups in total. The van der Waals surface area contributed by atoms with Crippen LogP contribution in [-0.2, 0) is 11.3 Å². The molecule has 114 valence electrons. The Bertz CT molecular complexity index is 365. The van der Waals surface area contributed by atoms with Gasteiger partial charge in [0, 0.05) is 25.8 Å². The first-order valence-corrected chi connectivity index (χ1v) is 8.30. The van der Waals surface area contributed by atoms with Gasteiger partial charge in [-0.2, -0.15) is 11.8 Å². The quantitative estimate of drug-likeness (QED) is 0.648. The summed E-state index contributed by atoms with van der Waals surface area (Å²) < 4.78 is 5.12. The van der Waals surface area contributed by atoms with Crippen LogP contribution in [0.15, 0.2) is 6.07 Å². The zero-order valence-corrected chi connectivity index (χ0v) is 13.7. The van der Waals surface area contributed by atoms with E-state index in [9.17, 15) is 0 Å². The lowest BCUT2D eigenvalue weighted by Crippen LogP contribution is -2.18. The number of aromatic nitrogens is 2. The predicted octanol–water partition coefficient (Wildman–Crippen LogP) is 3.00. The fourth-order valence-electron chi connectivity index (χ4n) is 1.77. The minimum absolute atomic E-state index is 0.397. The van der Waals surface area contributed by atoms with Gasteiger partial charge >= 0.3 is 0 Å². The molecule has 1 unspecified atom stereocenters.